The molecule has 0 amide bonds. The number of benzene rings is 1. The van der Waals surface area contributed by atoms with E-state index in [-0.39, 0.29) is 0 Å². The Hall–Kier alpha value is -2.87. The van der Waals surface area contributed by atoms with Crippen LogP contribution >= 0.6 is 11.6 Å². The van der Waals surface area contributed by atoms with Crippen molar-refractivity contribution in [3.8, 4) is 11.4 Å². The molecule has 27 heavy (non-hydrogen) atoms. The van der Waals surface area contributed by atoms with Crippen molar-refractivity contribution in [2.24, 2.45) is 4.99 Å². The van der Waals surface area contributed by atoms with Crippen molar-refractivity contribution in [2.45, 2.75) is 19.4 Å². The third-order valence-corrected chi connectivity index (χ3v) is 4.06. The Morgan fingerprint density at radius 1 is 1.26 bits per heavy atom. The monoisotopic (exact) mass is 387 g/mol. The highest BCUT2D eigenvalue weighted by atomic mass is 35.5. The molecule has 2 aromatic heterocycles. The lowest BCUT2D eigenvalue weighted by Crippen LogP contribution is -2.39. The van der Waals surface area contributed by atoms with Crippen LogP contribution in [0, 0.1) is 0 Å². The molecule has 3 aromatic rings. The maximum atomic E-state index is 6.00. The first-order valence-electron chi connectivity index (χ1n) is 8.75. The van der Waals surface area contributed by atoms with E-state index < -0.39 is 0 Å². The molecule has 0 atom stereocenters. The van der Waals surface area contributed by atoms with E-state index in [0.29, 0.717) is 29.7 Å². The molecule has 0 spiro atoms. The summed E-state index contributed by atoms with van der Waals surface area (Å²) >= 11 is 6.00. The van der Waals surface area contributed by atoms with Crippen LogP contribution in [-0.2, 0) is 13.0 Å². The van der Waals surface area contributed by atoms with Gasteiger partial charge >= 0.3 is 0 Å². The molecule has 1 aromatic carbocycles. The number of aryl methyl sites for hydroxylation is 1. The smallest absolute Gasteiger partial charge is 0.228 e. The van der Waals surface area contributed by atoms with Crippen molar-refractivity contribution in [1.29, 1.82) is 0 Å². The molecule has 142 valence electrons. The van der Waals surface area contributed by atoms with Gasteiger partial charge in [-0.1, -0.05) is 28.9 Å². The zero-order valence-electron chi connectivity index (χ0n) is 15.1. The Labute approximate surface area is 162 Å². The van der Waals surface area contributed by atoms with Crippen molar-refractivity contribution in [1.82, 2.24) is 30.6 Å². The lowest BCUT2D eigenvalue weighted by molar-refractivity contribution is 0.378. The van der Waals surface area contributed by atoms with Crippen molar-refractivity contribution in [3.63, 3.8) is 0 Å². The van der Waals surface area contributed by atoms with Gasteiger partial charge in [-0.05, 0) is 24.6 Å². The van der Waals surface area contributed by atoms with Crippen LogP contribution in [0.15, 0.2) is 52.2 Å². The summed E-state index contributed by atoms with van der Waals surface area (Å²) in [5.74, 6) is 1.84. The minimum absolute atomic E-state index is 0.536. The van der Waals surface area contributed by atoms with Gasteiger partial charge in [0.1, 0.15) is 0 Å². The molecule has 0 aliphatic rings. The second-order valence-corrected chi connectivity index (χ2v) is 6.26. The van der Waals surface area contributed by atoms with Gasteiger partial charge in [-0.2, -0.15) is 10.1 Å². The standard InChI is InChI=1S/C18H22ClN7O/c1-20-18(21-8-3-11-26-12-4-9-23-26)22-10-7-16-24-17(25-27-16)14-5-2-6-15(19)13-14/h2,4-6,9,12-13H,3,7-8,10-11H2,1H3,(H2,20,21,22). The summed E-state index contributed by atoms with van der Waals surface area (Å²) in [4.78, 5) is 8.61. The summed E-state index contributed by atoms with van der Waals surface area (Å²) < 4.78 is 7.21. The third-order valence-electron chi connectivity index (χ3n) is 3.82. The minimum atomic E-state index is 0.536. The van der Waals surface area contributed by atoms with E-state index in [4.69, 9.17) is 16.1 Å². The first-order chi connectivity index (χ1) is 13.2. The van der Waals surface area contributed by atoms with Crippen molar-refractivity contribution < 1.29 is 4.52 Å². The predicted octanol–water partition coefficient (Wildman–Crippen LogP) is 2.38. The van der Waals surface area contributed by atoms with Crippen LogP contribution < -0.4 is 10.6 Å². The summed E-state index contributed by atoms with van der Waals surface area (Å²) in [6.07, 6.45) is 5.29. The Kier molecular flexibility index (Phi) is 6.81. The Balaban J connectivity index is 1.39. The summed E-state index contributed by atoms with van der Waals surface area (Å²) in [5, 5.41) is 15.3. The van der Waals surface area contributed by atoms with Crippen LogP contribution in [0.3, 0.4) is 0 Å². The number of hydrogen-bond donors (Lipinski definition) is 2. The topological polar surface area (TPSA) is 93.2 Å². The van der Waals surface area contributed by atoms with E-state index in [1.54, 1.807) is 13.2 Å². The molecule has 0 aliphatic carbocycles. The Morgan fingerprint density at radius 3 is 2.93 bits per heavy atom. The van der Waals surface area contributed by atoms with Gasteiger partial charge < -0.3 is 15.2 Å². The number of guanidine groups is 1. The first kappa shape index (κ1) is 18.9. The molecule has 0 aliphatic heterocycles. The van der Waals surface area contributed by atoms with Gasteiger partial charge in [0, 0.05) is 56.1 Å². The maximum absolute atomic E-state index is 6.00. The number of aliphatic imine (C=N–C) groups is 1. The van der Waals surface area contributed by atoms with Crippen LogP contribution in [0.5, 0.6) is 0 Å². The second-order valence-electron chi connectivity index (χ2n) is 5.82. The summed E-state index contributed by atoms with van der Waals surface area (Å²) in [7, 11) is 1.74. The van der Waals surface area contributed by atoms with Gasteiger partial charge in [0.15, 0.2) is 5.96 Å². The van der Waals surface area contributed by atoms with Gasteiger partial charge in [-0.3, -0.25) is 9.67 Å². The molecular weight excluding hydrogens is 366 g/mol. The van der Waals surface area contributed by atoms with Gasteiger partial charge in [-0.25, -0.2) is 0 Å². The van der Waals surface area contributed by atoms with E-state index >= 15 is 0 Å². The number of nitrogens with one attached hydrogen (secondary N) is 2. The highest BCUT2D eigenvalue weighted by molar-refractivity contribution is 6.30. The molecular formula is C18H22ClN7O. The van der Waals surface area contributed by atoms with Crippen molar-refractivity contribution in [3.05, 3.63) is 53.6 Å². The average Bonchev–Trinajstić information content (AvgIpc) is 3.35. The molecule has 0 radical (unpaired) electrons. The zero-order valence-corrected chi connectivity index (χ0v) is 15.9. The number of aromatic nitrogens is 4. The van der Waals surface area contributed by atoms with E-state index in [9.17, 15) is 0 Å². The van der Waals surface area contributed by atoms with Crippen LogP contribution in [-0.4, -0.2) is 46.0 Å². The number of nitrogens with zero attached hydrogens (tertiary/aromatic N) is 5. The van der Waals surface area contributed by atoms with E-state index in [1.807, 2.05) is 41.2 Å². The molecule has 0 saturated carbocycles. The fraction of sp³-hybridized carbons (Fsp3) is 0.333. The maximum Gasteiger partial charge on any atom is 0.228 e. The third kappa shape index (κ3) is 5.82. The van der Waals surface area contributed by atoms with Crippen molar-refractivity contribution in [2.75, 3.05) is 20.1 Å². The molecule has 0 bridgehead atoms. The quantitative estimate of drug-likeness (QED) is 0.350. The molecule has 2 N–H and O–H groups in total. The largest absolute Gasteiger partial charge is 0.356 e. The van der Waals surface area contributed by atoms with Crippen LogP contribution in [0.2, 0.25) is 5.02 Å². The van der Waals surface area contributed by atoms with Gasteiger partial charge in [0.2, 0.25) is 11.7 Å². The summed E-state index contributed by atoms with van der Waals surface area (Å²) in [6.45, 7) is 2.31. The van der Waals surface area contributed by atoms with Gasteiger partial charge in [0.05, 0.1) is 0 Å². The molecule has 9 heteroatoms. The molecule has 0 saturated heterocycles. The van der Waals surface area contributed by atoms with E-state index in [0.717, 1.165) is 31.0 Å². The second kappa shape index (κ2) is 9.72. The first-order valence-corrected chi connectivity index (χ1v) is 9.13. The molecule has 2 heterocycles. The fourth-order valence-electron chi connectivity index (χ4n) is 2.49. The molecule has 3 rings (SSSR count). The molecule has 8 nitrogen and oxygen atoms in total. The molecule has 0 fully saturated rings. The minimum Gasteiger partial charge on any atom is -0.356 e. The lowest BCUT2D eigenvalue weighted by Gasteiger charge is -2.11. The Bertz CT molecular complexity index is 860. The normalized spacial score (nSPS) is 11.6. The lowest BCUT2D eigenvalue weighted by atomic mass is 10.2. The summed E-state index contributed by atoms with van der Waals surface area (Å²) in [6, 6.07) is 9.29. The zero-order chi connectivity index (χ0) is 18.9. The van der Waals surface area contributed by atoms with Gasteiger partial charge in [-0.15, -0.1) is 0 Å². The SMILES string of the molecule is CN=C(NCCCn1cccn1)NCCc1nc(-c2cccc(Cl)c2)no1. The summed E-state index contributed by atoms with van der Waals surface area (Å²) in [5.41, 5.74) is 0.833. The van der Waals surface area contributed by atoms with E-state index in [2.05, 4.69) is 30.9 Å². The molecule has 0 unspecified atom stereocenters. The van der Waals surface area contributed by atoms with Crippen molar-refractivity contribution >= 4 is 17.6 Å². The predicted molar refractivity (Wildman–Crippen MR) is 105 cm³/mol. The highest BCUT2D eigenvalue weighted by Crippen LogP contribution is 2.19. The number of hydrogen-bond acceptors (Lipinski definition) is 5. The Morgan fingerprint density at radius 2 is 2.15 bits per heavy atom. The van der Waals surface area contributed by atoms with Crippen LogP contribution in [0.25, 0.3) is 11.4 Å². The van der Waals surface area contributed by atoms with Crippen LogP contribution in [0.4, 0.5) is 0 Å². The van der Waals surface area contributed by atoms with E-state index in [1.165, 1.54) is 0 Å². The number of halogens is 1. The van der Waals surface area contributed by atoms with Gasteiger partial charge in [0.25, 0.3) is 0 Å². The number of rotatable bonds is 8. The average molecular weight is 388 g/mol. The van der Waals surface area contributed by atoms with Crippen LogP contribution in [0.1, 0.15) is 12.3 Å². The fourth-order valence-corrected chi connectivity index (χ4v) is 2.68. The highest BCUT2D eigenvalue weighted by Gasteiger charge is 2.09.